The van der Waals surface area contributed by atoms with Gasteiger partial charge in [-0.1, -0.05) is 42.6 Å². The lowest BCUT2D eigenvalue weighted by Crippen LogP contribution is -2.20. The van der Waals surface area contributed by atoms with Gasteiger partial charge >= 0.3 is 0 Å². The van der Waals surface area contributed by atoms with Gasteiger partial charge in [0, 0.05) is 12.6 Å². The molecule has 4 nitrogen and oxygen atoms in total. The maximum Gasteiger partial charge on any atom is 0.190 e. The molecule has 1 saturated carbocycles. The van der Waals surface area contributed by atoms with E-state index in [1.54, 1.807) is 6.07 Å². The molecule has 19 heavy (non-hydrogen) atoms. The molecule has 1 aromatic rings. The second kappa shape index (κ2) is 7.92. The van der Waals surface area contributed by atoms with Crippen LogP contribution >= 0.6 is 23.4 Å². The third-order valence-electron chi connectivity index (χ3n) is 3.17. The summed E-state index contributed by atoms with van der Waals surface area (Å²) in [7, 11) is 0. The van der Waals surface area contributed by atoms with E-state index < -0.39 is 0 Å². The molecule has 1 heterocycles. The van der Waals surface area contributed by atoms with Crippen molar-refractivity contribution in [1.82, 2.24) is 9.97 Å². The third-order valence-corrected chi connectivity index (χ3v) is 3.91. The van der Waals surface area contributed by atoms with Crippen LogP contribution < -0.4 is 5.32 Å². The fraction of sp³-hybridized carbons (Fsp3) is 0.692. The summed E-state index contributed by atoms with van der Waals surface area (Å²) in [6.07, 6.45) is 8.75. The number of aromatic nitrogens is 2. The average molecular weight is 302 g/mol. The Balaban J connectivity index is 1.71. The van der Waals surface area contributed by atoms with Crippen molar-refractivity contribution in [2.45, 2.75) is 43.4 Å². The zero-order chi connectivity index (χ0) is 13.5. The Morgan fingerprint density at radius 2 is 2.16 bits per heavy atom. The summed E-state index contributed by atoms with van der Waals surface area (Å²) in [4.78, 5) is 8.44. The summed E-state index contributed by atoms with van der Waals surface area (Å²) in [6, 6.07) is 1.74. The standard InChI is InChI=1S/C13H20ClN3OS/c1-19-13-16-11(14)9-12(17-13)15-7-8-18-10-5-3-2-4-6-10/h9-10H,2-8H2,1H3,(H,15,16,17). The summed E-state index contributed by atoms with van der Waals surface area (Å²) in [5, 5.41) is 4.38. The van der Waals surface area contributed by atoms with Gasteiger partial charge in [0.05, 0.1) is 12.7 Å². The number of nitrogens with one attached hydrogen (secondary N) is 1. The Morgan fingerprint density at radius 1 is 1.37 bits per heavy atom. The zero-order valence-corrected chi connectivity index (χ0v) is 12.8. The van der Waals surface area contributed by atoms with Crippen LogP contribution in [0.25, 0.3) is 0 Å². The average Bonchev–Trinajstić information content (AvgIpc) is 2.44. The van der Waals surface area contributed by atoms with E-state index in [2.05, 4.69) is 15.3 Å². The monoisotopic (exact) mass is 301 g/mol. The van der Waals surface area contributed by atoms with Gasteiger partial charge in [0.1, 0.15) is 11.0 Å². The second-order valence-corrected chi connectivity index (χ2v) is 5.78. The molecule has 0 unspecified atom stereocenters. The lowest BCUT2D eigenvalue weighted by atomic mass is 9.98. The van der Waals surface area contributed by atoms with Gasteiger partial charge in [-0.25, -0.2) is 9.97 Å². The summed E-state index contributed by atoms with van der Waals surface area (Å²) in [6.45, 7) is 1.46. The number of hydrogen-bond donors (Lipinski definition) is 1. The Hall–Kier alpha value is -0.520. The summed E-state index contributed by atoms with van der Waals surface area (Å²) in [5.74, 6) is 0.761. The predicted octanol–water partition coefficient (Wildman–Crippen LogP) is 3.61. The number of nitrogens with zero attached hydrogens (tertiary/aromatic N) is 2. The molecule has 6 heteroatoms. The molecule has 1 aliphatic rings. The molecule has 0 spiro atoms. The van der Waals surface area contributed by atoms with E-state index in [0.29, 0.717) is 23.0 Å². The zero-order valence-electron chi connectivity index (χ0n) is 11.2. The first-order chi connectivity index (χ1) is 9.28. The van der Waals surface area contributed by atoms with Crippen LogP contribution in [0.2, 0.25) is 5.15 Å². The molecule has 1 aliphatic carbocycles. The van der Waals surface area contributed by atoms with Crippen LogP contribution in [0.1, 0.15) is 32.1 Å². The molecule has 1 aromatic heterocycles. The van der Waals surface area contributed by atoms with Gasteiger partial charge < -0.3 is 10.1 Å². The van der Waals surface area contributed by atoms with Gasteiger partial charge in [-0.3, -0.25) is 0 Å². The number of halogens is 1. The molecular formula is C13H20ClN3OS. The van der Waals surface area contributed by atoms with Crippen molar-refractivity contribution in [3.05, 3.63) is 11.2 Å². The Labute approximate surface area is 123 Å². The van der Waals surface area contributed by atoms with Crippen molar-refractivity contribution >= 4 is 29.2 Å². The summed E-state index contributed by atoms with van der Waals surface area (Å²) < 4.78 is 5.85. The summed E-state index contributed by atoms with van der Waals surface area (Å²) in [5.41, 5.74) is 0. The van der Waals surface area contributed by atoms with Gasteiger partial charge in [-0.2, -0.15) is 0 Å². The lowest BCUT2D eigenvalue weighted by molar-refractivity contribution is 0.0347. The maximum absolute atomic E-state index is 5.93. The normalized spacial score (nSPS) is 16.5. The molecule has 1 N–H and O–H groups in total. The van der Waals surface area contributed by atoms with Crippen molar-refractivity contribution in [2.24, 2.45) is 0 Å². The number of ether oxygens (including phenoxy) is 1. The second-order valence-electron chi connectivity index (χ2n) is 4.62. The van der Waals surface area contributed by atoms with Gasteiger partial charge in [-0.15, -0.1) is 0 Å². The first-order valence-corrected chi connectivity index (χ1v) is 8.32. The molecule has 0 aromatic carbocycles. The van der Waals surface area contributed by atoms with Gasteiger partial charge in [0.25, 0.3) is 0 Å². The Kier molecular flexibility index (Phi) is 6.20. The molecule has 0 aliphatic heterocycles. The molecule has 0 atom stereocenters. The topological polar surface area (TPSA) is 47.0 Å². The smallest absolute Gasteiger partial charge is 0.190 e. The highest BCUT2D eigenvalue weighted by atomic mass is 35.5. The largest absolute Gasteiger partial charge is 0.376 e. The van der Waals surface area contributed by atoms with E-state index in [1.165, 1.54) is 43.9 Å². The predicted molar refractivity (Wildman–Crippen MR) is 80.1 cm³/mol. The lowest BCUT2D eigenvalue weighted by Gasteiger charge is -2.22. The molecule has 0 radical (unpaired) electrons. The maximum atomic E-state index is 5.93. The van der Waals surface area contributed by atoms with Gasteiger partial charge in [0.2, 0.25) is 0 Å². The van der Waals surface area contributed by atoms with Crippen LogP contribution in [0.3, 0.4) is 0 Å². The van der Waals surface area contributed by atoms with E-state index in [9.17, 15) is 0 Å². The van der Waals surface area contributed by atoms with E-state index >= 15 is 0 Å². The summed E-state index contributed by atoms with van der Waals surface area (Å²) >= 11 is 7.41. The molecule has 106 valence electrons. The van der Waals surface area contributed by atoms with E-state index in [0.717, 1.165) is 12.4 Å². The highest BCUT2D eigenvalue weighted by Crippen LogP contribution is 2.20. The van der Waals surface area contributed by atoms with E-state index in [1.807, 2.05) is 6.26 Å². The van der Waals surface area contributed by atoms with Crippen LogP contribution in [0, 0.1) is 0 Å². The van der Waals surface area contributed by atoms with Crippen molar-refractivity contribution in [3.63, 3.8) is 0 Å². The number of rotatable bonds is 6. The molecule has 2 rings (SSSR count). The quantitative estimate of drug-likeness (QED) is 0.376. The van der Waals surface area contributed by atoms with Crippen LogP contribution in [0.15, 0.2) is 11.2 Å². The first kappa shape index (κ1) is 14.9. The van der Waals surface area contributed by atoms with Crippen molar-refractivity contribution < 1.29 is 4.74 Å². The van der Waals surface area contributed by atoms with Crippen molar-refractivity contribution in [1.29, 1.82) is 0 Å². The van der Waals surface area contributed by atoms with Gasteiger partial charge in [0.15, 0.2) is 5.16 Å². The highest BCUT2D eigenvalue weighted by molar-refractivity contribution is 7.98. The minimum absolute atomic E-state index is 0.450. The minimum Gasteiger partial charge on any atom is -0.376 e. The first-order valence-electron chi connectivity index (χ1n) is 6.72. The van der Waals surface area contributed by atoms with Crippen LogP contribution in [0.4, 0.5) is 5.82 Å². The SMILES string of the molecule is CSc1nc(Cl)cc(NCCOC2CCCCC2)n1. The fourth-order valence-electron chi connectivity index (χ4n) is 2.22. The molecule has 1 fully saturated rings. The van der Waals surface area contributed by atoms with Gasteiger partial charge in [-0.05, 0) is 19.1 Å². The number of thioether (sulfide) groups is 1. The third kappa shape index (κ3) is 5.16. The Bertz CT molecular complexity index is 399. The number of anilines is 1. The van der Waals surface area contributed by atoms with Crippen molar-refractivity contribution in [2.75, 3.05) is 24.7 Å². The van der Waals surface area contributed by atoms with E-state index in [-0.39, 0.29) is 0 Å². The molecular weight excluding hydrogens is 282 g/mol. The molecule has 0 saturated heterocycles. The molecule has 0 amide bonds. The van der Waals surface area contributed by atoms with Crippen molar-refractivity contribution in [3.8, 4) is 0 Å². The van der Waals surface area contributed by atoms with Crippen LogP contribution in [-0.4, -0.2) is 35.5 Å². The number of hydrogen-bond acceptors (Lipinski definition) is 5. The highest BCUT2D eigenvalue weighted by Gasteiger charge is 2.13. The molecule has 0 bridgehead atoms. The fourth-order valence-corrected chi connectivity index (χ4v) is 2.83. The van der Waals surface area contributed by atoms with Crippen LogP contribution in [-0.2, 0) is 4.74 Å². The minimum atomic E-state index is 0.450. The van der Waals surface area contributed by atoms with Crippen LogP contribution in [0.5, 0.6) is 0 Å². The van der Waals surface area contributed by atoms with E-state index in [4.69, 9.17) is 16.3 Å². The Morgan fingerprint density at radius 3 is 2.89 bits per heavy atom.